The number of rotatable bonds is 1. The van der Waals surface area contributed by atoms with E-state index in [1.54, 1.807) is 51.9 Å². The van der Waals surface area contributed by atoms with Crippen LogP contribution in [0.2, 0.25) is 13.1 Å². The van der Waals surface area contributed by atoms with Crippen LogP contribution in [0.15, 0.2) is 12.1 Å². The normalized spacial score (nSPS) is 12.2. The third-order valence-corrected chi connectivity index (χ3v) is 42.3. The van der Waals surface area contributed by atoms with Crippen LogP contribution in [-0.4, -0.2) is 47.1 Å². The summed E-state index contributed by atoms with van der Waals surface area (Å²) < 4.78 is 8.67. The van der Waals surface area contributed by atoms with Crippen molar-refractivity contribution in [2.75, 3.05) is 0 Å². The van der Waals surface area contributed by atoms with E-state index in [9.17, 15) is 0 Å². The van der Waals surface area contributed by atoms with Crippen molar-refractivity contribution in [3.8, 4) is 22.5 Å². The van der Waals surface area contributed by atoms with Crippen LogP contribution >= 0.6 is 11.3 Å². The van der Waals surface area contributed by atoms with E-state index in [-0.39, 0.29) is 0 Å². The molecule has 0 unspecified atom stereocenters. The van der Waals surface area contributed by atoms with Crippen molar-refractivity contribution in [3.63, 3.8) is 0 Å². The number of aryl methyl sites for hydroxylation is 19. The summed E-state index contributed by atoms with van der Waals surface area (Å²) >= 11 is 2.45. The van der Waals surface area contributed by atoms with Crippen molar-refractivity contribution >= 4 is 127 Å². The summed E-state index contributed by atoms with van der Waals surface area (Å²) in [6.45, 7) is 108. The summed E-state index contributed by atoms with van der Waals surface area (Å²) in [5, 5.41) is 14.9. The van der Waals surface area contributed by atoms with Gasteiger partial charge in [0.05, 0.1) is 33.5 Å². The van der Waals surface area contributed by atoms with Crippen LogP contribution in [0, 0.1) is 318 Å². The average Bonchev–Trinajstić information content (AvgIpc) is 1.53. The second kappa shape index (κ2) is 34.9. The van der Waals surface area contributed by atoms with E-state index in [2.05, 4.69) is 355 Å². The molecule has 0 aliphatic carbocycles. The molecule has 5 nitrogen and oxygen atoms in total. The number of aromatic nitrogens is 5. The summed E-state index contributed by atoms with van der Waals surface area (Å²) in [6.07, 6.45) is 0. The van der Waals surface area contributed by atoms with Gasteiger partial charge in [-0.3, -0.25) is 19.9 Å². The van der Waals surface area contributed by atoms with Crippen LogP contribution < -0.4 is 10.4 Å². The zero-order valence-electron chi connectivity index (χ0n) is 87.7. The second-order valence-corrected chi connectivity index (χ2v) is 47.2. The molecule has 1 aliphatic heterocycles. The molecule has 0 fully saturated rings. The van der Waals surface area contributed by atoms with Gasteiger partial charge in [0.2, 0.25) is 0 Å². The molecule has 0 saturated carbocycles. The molecule has 0 atom stereocenters. The molecule has 8 heterocycles. The van der Waals surface area contributed by atoms with Crippen molar-refractivity contribution in [2.24, 2.45) is 7.05 Å². The molecule has 0 saturated heterocycles. The van der Waals surface area contributed by atoms with Gasteiger partial charge in [-0.15, -0.1) is 11.3 Å². The molecule has 16 aromatic rings. The van der Waals surface area contributed by atoms with Crippen molar-refractivity contribution < 1.29 is 0 Å². The summed E-state index contributed by atoms with van der Waals surface area (Å²) in [7, 11) is 0.587. The van der Waals surface area contributed by atoms with Crippen molar-refractivity contribution in [1.82, 2.24) is 24.5 Å². The summed E-state index contributed by atoms with van der Waals surface area (Å²) in [4.78, 5) is 19.3. The fraction of sp³-hybridized carbons (Fsp3) is 0.412. The Morgan fingerprint density at radius 1 is 0.220 bits per heavy atom. The topological polar surface area (TPSA) is 56.5 Å². The SMILES string of the molecule is Cc1c(C)c(C)c2c([se]c3c(C)c(C)c(C)c(C)c32)c1C.Cc1c(C)c(C)c2c(c1C)-c1c(C)c(C)c(C)c(C)c1[Si]2(C)C.Cc1c(C)c(C)c2c(c1C)c1c(C)c(C)c(C)c(C)c1n2C.Cc1c(C)c(C)c2c(sc3c(C)c(C)c(C)c(C)c32)c1C.Cc1nc(-c2nc(C)c(C)c(C)c2C)c(C)c(C)c1C.Cc1nc2c(ccc3c(C)c(C)c(C)nc32)c(C)c1C. The molecule has 0 spiro atoms. The Kier molecular flexibility index (Phi) is 26.7. The maximum atomic E-state index is 4.81. The summed E-state index contributed by atoms with van der Waals surface area (Å²) in [5.41, 5.74) is 74.6. The number of benzene rings is 9. The molecular weight excluding hydrogens is 1640 g/mol. The number of pyridine rings is 4. The minimum absolute atomic E-state index is 0.464. The fourth-order valence-corrected chi connectivity index (χ4v) is 30.7. The Hall–Kier alpha value is -9.14. The smallest absolute Gasteiger partial charge is 0.114 e. The fourth-order valence-electron chi connectivity index (χ4n) is 21.6. The summed E-state index contributed by atoms with van der Waals surface area (Å²) in [6, 6.07) is 4.38. The predicted octanol–water partition coefficient (Wildman–Crippen LogP) is 32.0. The van der Waals surface area contributed by atoms with Gasteiger partial charge in [-0.05, 0) is 474 Å². The number of hydrogen-bond acceptors (Lipinski definition) is 5. The first-order valence-electron chi connectivity index (χ1n) is 46.4. The largest absolute Gasteiger partial charge is 0.343 e. The van der Waals surface area contributed by atoms with Gasteiger partial charge in [0, 0.05) is 71.5 Å². The predicted molar refractivity (Wildman–Crippen MR) is 569 cm³/mol. The van der Waals surface area contributed by atoms with Gasteiger partial charge in [0.1, 0.15) is 8.07 Å². The van der Waals surface area contributed by atoms with Crippen LogP contribution in [-0.2, 0) is 7.05 Å². The monoisotopic (exact) mass is 1790 g/mol. The number of thiophene rings is 1. The molecule has 666 valence electrons. The van der Waals surface area contributed by atoms with Gasteiger partial charge in [-0.25, -0.2) is 0 Å². The third kappa shape index (κ3) is 15.1. The zero-order valence-corrected chi connectivity index (χ0v) is 91.2. The number of fused-ring (bicyclic) bond motifs is 15. The van der Waals surface area contributed by atoms with Crippen LogP contribution in [0.25, 0.3) is 106 Å². The van der Waals surface area contributed by atoms with Gasteiger partial charge < -0.3 is 4.57 Å². The standard InChI is InChI=1S/C22H30Si.C21H27N.C20H24S.C20H24Se.C18H20N2.C18H24N2/c1-11-13(3)17(7)21-19(15(11)5)20-16(6)12(2)14(4)18(8)22(20)23(21,9)10;1-10-12(3)16(7)20-18(14(10)5)19-15(6)11(2)13(4)17(8)21(19)22(20)9;2*1-9-11(3)15(7)19-17(13(9)5)18-14(6)10(2)12(4)16(8)20(18)21-19;1-9-11(3)15-7-8-16-12(4)10(2)14(6)20-18(16)17(15)19-13(9)5;1-9-11(3)15(7)19-17(13(9)5)18-14(6)10(2)12(4)16(8)20-18/h1-10H3;1-9H3;2*1-8H3;7-8H,1-6H3;1-8H3. The Morgan fingerprint density at radius 3 is 0.756 bits per heavy atom. The Balaban J connectivity index is 0.000000139. The van der Waals surface area contributed by atoms with Crippen LogP contribution in [0.1, 0.15) is 256 Å². The van der Waals surface area contributed by atoms with E-state index in [0.717, 1.165) is 45.2 Å². The zero-order chi connectivity index (χ0) is 95.0. The van der Waals surface area contributed by atoms with Crippen LogP contribution in [0.4, 0.5) is 0 Å². The summed E-state index contributed by atoms with van der Waals surface area (Å²) in [5.74, 6) is 0. The Bertz CT molecular complexity index is 6900. The molecule has 0 bridgehead atoms. The van der Waals surface area contributed by atoms with Crippen molar-refractivity contribution in [1.29, 1.82) is 0 Å². The van der Waals surface area contributed by atoms with Crippen LogP contribution in [0.5, 0.6) is 0 Å². The molecule has 0 radical (unpaired) electrons. The molecule has 17 rings (SSSR count). The van der Waals surface area contributed by atoms with Crippen LogP contribution in [0.3, 0.4) is 0 Å². The Labute approximate surface area is 775 Å². The van der Waals surface area contributed by atoms with Gasteiger partial charge in [-0.2, -0.15) is 0 Å². The number of nitrogens with zero attached hydrogens (tertiary/aromatic N) is 5. The van der Waals surface area contributed by atoms with E-state index < -0.39 is 8.07 Å². The van der Waals surface area contributed by atoms with Gasteiger partial charge >= 0.3 is 134 Å². The molecule has 1 aliphatic rings. The Morgan fingerprint density at radius 2 is 0.449 bits per heavy atom. The molecule has 127 heavy (non-hydrogen) atoms. The molecule has 8 heteroatoms. The minimum atomic E-state index is -1.64. The quantitative estimate of drug-likeness (QED) is 0.121. The minimum Gasteiger partial charge on any atom is -0.343 e. The molecule has 9 aromatic carbocycles. The first kappa shape index (κ1) is 96.9. The van der Waals surface area contributed by atoms with E-state index >= 15 is 0 Å². The van der Waals surface area contributed by atoms with Crippen molar-refractivity contribution in [2.45, 2.75) is 332 Å². The third-order valence-electron chi connectivity index (χ3n) is 34.1. The maximum Gasteiger partial charge on any atom is 0.114 e. The molecule has 7 aromatic heterocycles. The molecule has 0 N–H and O–H groups in total. The number of hydrogen-bond donors (Lipinski definition) is 0. The van der Waals surface area contributed by atoms with E-state index in [0.29, 0.717) is 14.5 Å². The maximum absolute atomic E-state index is 4.81. The second-order valence-electron chi connectivity index (χ2n) is 39.7. The van der Waals surface area contributed by atoms with E-state index in [1.165, 1.54) is 275 Å². The first-order valence-corrected chi connectivity index (χ1v) is 51.9. The van der Waals surface area contributed by atoms with E-state index in [4.69, 9.17) is 19.9 Å². The first-order chi connectivity index (χ1) is 58.9. The van der Waals surface area contributed by atoms with Crippen molar-refractivity contribution in [3.05, 3.63) is 269 Å². The van der Waals surface area contributed by atoms with Gasteiger partial charge in [-0.1, -0.05) is 25.2 Å². The van der Waals surface area contributed by atoms with Gasteiger partial charge in [0.15, 0.2) is 0 Å². The van der Waals surface area contributed by atoms with Gasteiger partial charge in [0.25, 0.3) is 0 Å². The molecule has 0 amide bonds. The molecular formula is C119H149N5SSeSi. The average molecular weight is 1790 g/mol. The van der Waals surface area contributed by atoms with E-state index in [1.807, 2.05) is 11.3 Å².